The van der Waals surface area contributed by atoms with Gasteiger partial charge in [-0.1, -0.05) is 0 Å². The molecule has 4 rings (SSSR count). The molecule has 1 aliphatic rings. The monoisotopic (exact) mass is 571 g/mol. The van der Waals surface area contributed by atoms with Crippen molar-refractivity contribution in [2.24, 2.45) is 0 Å². The van der Waals surface area contributed by atoms with E-state index in [1.807, 2.05) is 0 Å². The van der Waals surface area contributed by atoms with Crippen LogP contribution in [0.5, 0.6) is 5.75 Å². The van der Waals surface area contributed by atoms with Crippen LogP contribution in [0.1, 0.15) is 64.5 Å². The Kier molecular flexibility index (Phi) is 8.18. The molecule has 0 unspecified atom stereocenters. The molecular formula is C28H21F8NO3. The largest absolute Gasteiger partial charge is 0.488 e. The number of aromatic nitrogens is 1. The summed E-state index contributed by atoms with van der Waals surface area (Å²) in [6, 6.07) is 6.45. The summed E-state index contributed by atoms with van der Waals surface area (Å²) in [5, 5.41) is 0. The normalized spacial score (nSPS) is 14.0. The van der Waals surface area contributed by atoms with Gasteiger partial charge >= 0.3 is 18.3 Å². The topological polar surface area (TPSA) is 48.4 Å². The molecule has 212 valence electrons. The Bertz CT molecular complexity index is 1460. The second-order valence-electron chi connectivity index (χ2n) is 8.88. The van der Waals surface area contributed by atoms with Crippen molar-refractivity contribution in [1.29, 1.82) is 0 Å². The van der Waals surface area contributed by atoms with Crippen LogP contribution in [-0.2, 0) is 23.7 Å². The van der Waals surface area contributed by atoms with E-state index in [4.69, 9.17) is 9.47 Å². The van der Waals surface area contributed by atoms with Gasteiger partial charge < -0.3 is 9.47 Å². The maximum absolute atomic E-state index is 14.1. The first-order valence-electron chi connectivity index (χ1n) is 12.0. The summed E-state index contributed by atoms with van der Waals surface area (Å²) in [5.74, 6) is -3.01. The van der Waals surface area contributed by atoms with Gasteiger partial charge in [0.05, 0.1) is 17.7 Å². The van der Waals surface area contributed by atoms with Crippen molar-refractivity contribution in [2.75, 3.05) is 6.61 Å². The van der Waals surface area contributed by atoms with E-state index < -0.39 is 53.4 Å². The fraction of sp³-hybridized carbons (Fsp3) is 0.286. The Balaban J connectivity index is 1.83. The average molecular weight is 571 g/mol. The molecule has 12 heteroatoms. The first-order chi connectivity index (χ1) is 18.8. The number of alkyl halides is 6. The first kappa shape index (κ1) is 29.0. The van der Waals surface area contributed by atoms with E-state index in [1.54, 1.807) is 0 Å². The summed E-state index contributed by atoms with van der Waals surface area (Å²) < 4.78 is 119. The lowest BCUT2D eigenvalue weighted by molar-refractivity contribution is -0.141. The highest BCUT2D eigenvalue weighted by Gasteiger charge is 2.38. The number of carbonyl (C=O) groups is 1. The number of carbonyl (C=O) groups excluding carboxylic acids is 1. The third-order valence-corrected chi connectivity index (χ3v) is 6.25. The fourth-order valence-corrected chi connectivity index (χ4v) is 4.44. The highest BCUT2D eigenvalue weighted by Crippen LogP contribution is 2.45. The minimum absolute atomic E-state index is 0.00225. The molecule has 2 aromatic carbocycles. The van der Waals surface area contributed by atoms with Crippen molar-refractivity contribution in [3.63, 3.8) is 0 Å². The van der Waals surface area contributed by atoms with E-state index in [0.717, 1.165) is 42.6 Å². The van der Waals surface area contributed by atoms with E-state index in [0.29, 0.717) is 23.6 Å². The van der Waals surface area contributed by atoms with Gasteiger partial charge in [-0.15, -0.1) is 0 Å². The predicted octanol–water partition coefficient (Wildman–Crippen LogP) is 8.25. The number of hydrogen-bond acceptors (Lipinski definition) is 4. The number of benzene rings is 2. The van der Waals surface area contributed by atoms with Gasteiger partial charge in [0.2, 0.25) is 0 Å². The number of allylic oxidation sites excluding steroid dienone is 2. The van der Waals surface area contributed by atoms with Crippen molar-refractivity contribution >= 4 is 17.1 Å². The number of esters is 1. The van der Waals surface area contributed by atoms with Crippen molar-refractivity contribution in [3.8, 4) is 5.75 Å². The number of pyridine rings is 1. The van der Waals surface area contributed by atoms with Gasteiger partial charge in [0, 0.05) is 23.4 Å². The van der Waals surface area contributed by atoms with Gasteiger partial charge in [0.15, 0.2) is 5.69 Å². The van der Waals surface area contributed by atoms with Crippen LogP contribution < -0.4 is 4.74 Å². The molecule has 1 aromatic heterocycles. The number of nitrogens with zero attached hydrogens (tertiary/aromatic N) is 1. The van der Waals surface area contributed by atoms with Gasteiger partial charge in [0.25, 0.3) is 0 Å². The molecule has 0 saturated carbocycles. The Morgan fingerprint density at radius 2 is 1.65 bits per heavy atom. The minimum atomic E-state index is -4.95. The smallest absolute Gasteiger partial charge is 0.434 e. The van der Waals surface area contributed by atoms with Gasteiger partial charge in [-0.05, 0) is 79.3 Å². The van der Waals surface area contributed by atoms with E-state index in [9.17, 15) is 39.9 Å². The molecule has 1 aliphatic carbocycles. The number of rotatable bonds is 7. The number of hydrogen-bond donors (Lipinski definition) is 0. The molecule has 0 atom stereocenters. The number of halogens is 8. The van der Waals surface area contributed by atoms with Gasteiger partial charge in [-0.25, -0.2) is 13.6 Å². The maximum Gasteiger partial charge on any atom is 0.434 e. The van der Waals surface area contributed by atoms with Crippen LogP contribution in [0.2, 0.25) is 0 Å². The molecule has 1 heterocycles. The molecule has 0 amide bonds. The molecule has 0 bridgehead atoms. The highest BCUT2D eigenvalue weighted by atomic mass is 19.4. The minimum Gasteiger partial charge on any atom is -0.488 e. The zero-order valence-corrected chi connectivity index (χ0v) is 20.9. The van der Waals surface area contributed by atoms with E-state index in [-0.39, 0.29) is 41.9 Å². The summed E-state index contributed by atoms with van der Waals surface area (Å²) >= 11 is 0. The molecule has 4 nitrogen and oxygen atoms in total. The van der Waals surface area contributed by atoms with Crippen molar-refractivity contribution in [2.45, 2.75) is 45.1 Å². The molecule has 40 heavy (non-hydrogen) atoms. The summed E-state index contributed by atoms with van der Waals surface area (Å²) in [6.45, 7) is 0.808. The highest BCUT2D eigenvalue weighted by molar-refractivity contribution is 5.97. The maximum atomic E-state index is 14.1. The van der Waals surface area contributed by atoms with Crippen LogP contribution in [0.25, 0.3) is 11.1 Å². The lowest BCUT2D eigenvalue weighted by Gasteiger charge is -2.18. The Hall–Kier alpha value is -3.96. The molecular weight excluding hydrogens is 550 g/mol. The van der Waals surface area contributed by atoms with Gasteiger partial charge in [-0.2, -0.15) is 26.3 Å². The SMILES string of the molecule is CCOC(=O)c1cc(C2=C(c3cc(C(F)(F)F)ccc3OCc3ccc(F)cc3F)CCC2)cnc1C(F)(F)F. The Labute approximate surface area is 223 Å². The zero-order chi connectivity index (χ0) is 29.2. The van der Waals surface area contributed by atoms with Crippen LogP contribution in [-0.4, -0.2) is 17.6 Å². The fourth-order valence-electron chi connectivity index (χ4n) is 4.44. The summed E-state index contributed by atoms with van der Waals surface area (Å²) in [6.07, 6.45) is -7.80. The summed E-state index contributed by atoms with van der Waals surface area (Å²) in [5.41, 5.74) is -2.48. The van der Waals surface area contributed by atoms with Gasteiger partial charge in [-0.3, -0.25) is 4.98 Å². The second-order valence-corrected chi connectivity index (χ2v) is 8.88. The average Bonchev–Trinajstić information content (AvgIpc) is 3.37. The van der Waals surface area contributed by atoms with Crippen molar-refractivity contribution in [1.82, 2.24) is 4.98 Å². The third-order valence-electron chi connectivity index (χ3n) is 6.25. The lowest BCUT2D eigenvalue weighted by Crippen LogP contribution is -2.17. The predicted molar refractivity (Wildman–Crippen MR) is 128 cm³/mol. The zero-order valence-electron chi connectivity index (χ0n) is 20.9. The molecule has 0 fully saturated rings. The Morgan fingerprint density at radius 1 is 0.925 bits per heavy atom. The summed E-state index contributed by atoms with van der Waals surface area (Å²) in [4.78, 5) is 15.8. The standard InChI is InChI=1S/C28H21F8NO3/c1-2-39-26(38)22-10-16(13-37-25(22)28(34,35)36)19-4-3-5-20(19)21-11-17(27(31,32)33)7-9-24(21)40-14-15-6-8-18(29)12-23(15)30/h6-13H,2-5,14H2,1H3. The molecule has 0 N–H and O–H groups in total. The summed E-state index contributed by atoms with van der Waals surface area (Å²) in [7, 11) is 0. The third kappa shape index (κ3) is 6.26. The number of ether oxygens (including phenoxy) is 2. The molecule has 0 spiro atoms. The quantitative estimate of drug-likeness (QED) is 0.212. The molecule has 0 radical (unpaired) electrons. The van der Waals surface area contributed by atoms with Crippen molar-refractivity contribution in [3.05, 3.63) is 93.8 Å². The van der Waals surface area contributed by atoms with Crippen LogP contribution in [0.3, 0.4) is 0 Å². The van der Waals surface area contributed by atoms with Crippen LogP contribution >= 0.6 is 0 Å². The van der Waals surface area contributed by atoms with Crippen LogP contribution in [0.4, 0.5) is 35.1 Å². The van der Waals surface area contributed by atoms with E-state index in [2.05, 4.69) is 4.98 Å². The molecule has 0 saturated heterocycles. The van der Waals surface area contributed by atoms with Gasteiger partial charge in [0.1, 0.15) is 24.0 Å². The van der Waals surface area contributed by atoms with E-state index in [1.165, 1.54) is 6.92 Å². The Morgan fingerprint density at radius 3 is 2.30 bits per heavy atom. The van der Waals surface area contributed by atoms with E-state index >= 15 is 0 Å². The lowest BCUT2D eigenvalue weighted by atomic mass is 9.94. The van der Waals surface area contributed by atoms with Crippen LogP contribution in [0, 0.1) is 11.6 Å². The first-order valence-corrected chi connectivity index (χ1v) is 12.0. The van der Waals surface area contributed by atoms with Crippen molar-refractivity contribution < 1.29 is 49.4 Å². The second kappa shape index (κ2) is 11.3. The molecule has 3 aromatic rings. The van der Waals surface area contributed by atoms with Crippen LogP contribution in [0.15, 0.2) is 48.7 Å². The molecule has 0 aliphatic heterocycles.